The number of alkyl halides is 1. The highest BCUT2D eigenvalue weighted by Crippen LogP contribution is 2.21. The normalized spacial score (nSPS) is 10.1. The van der Waals surface area contributed by atoms with Crippen LogP contribution in [0.1, 0.15) is 5.56 Å². The molecule has 0 aliphatic carbocycles. The summed E-state index contributed by atoms with van der Waals surface area (Å²) >= 11 is 6.06. The van der Waals surface area contributed by atoms with E-state index in [1.807, 2.05) is 76.8 Å². The SMILES string of the molecule is CCl.Nc1nc(-c2ccccc2)[n+](-c2ccc(OCc3ccccc3)cc2)s1. The minimum absolute atomic E-state index is 0.535. The van der Waals surface area contributed by atoms with Gasteiger partial charge in [-0.25, -0.2) is 0 Å². The van der Waals surface area contributed by atoms with E-state index in [2.05, 4.69) is 28.7 Å². The van der Waals surface area contributed by atoms with Gasteiger partial charge in [-0.3, -0.25) is 0 Å². The highest BCUT2D eigenvalue weighted by molar-refractivity contribution is 7.05. The van der Waals surface area contributed by atoms with E-state index in [-0.39, 0.29) is 0 Å². The number of nitrogens with zero attached hydrogens (tertiary/aromatic N) is 2. The van der Waals surface area contributed by atoms with Crippen molar-refractivity contribution >= 4 is 28.3 Å². The second-order valence-electron chi connectivity index (χ2n) is 5.79. The zero-order chi connectivity index (χ0) is 19.8. The third-order valence-corrected chi connectivity index (χ3v) is 4.79. The van der Waals surface area contributed by atoms with Gasteiger partial charge in [0.2, 0.25) is 0 Å². The molecular weight excluding hydrogens is 390 g/mol. The Labute approximate surface area is 174 Å². The lowest BCUT2D eigenvalue weighted by Crippen LogP contribution is -2.27. The molecule has 4 nitrogen and oxygen atoms in total. The molecule has 0 saturated heterocycles. The topological polar surface area (TPSA) is 52.0 Å². The number of ether oxygens (including phenoxy) is 1. The molecule has 0 saturated carbocycles. The van der Waals surface area contributed by atoms with Crippen molar-refractivity contribution in [1.29, 1.82) is 0 Å². The first-order chi connectivity index (χ1) is 13.8. The number of nitrogens with two attached hydrogens (primary N) is 1. The molecule has 0 amide bonds. The molecule has 6 heteroatoms. The van der Waals surface area contributed by atoms with Gasteiger partial charge in [-0.1, -0.05) is 48.5 Å². The Hall–Kier alpha value is -2.89. The summed E-state index contributed by atoms with van der Waals surface area (Å²) in [6.07, 6.45) is 1.47. The smallest absolute Gasteiger partial charge is 0.350 e. The Kier molecular flexibility index (Phi) is 7.00. The molecule has 1 aromatic heterocycles. The van der Waals surface area contributed by atoms with Crippen LogP contribution in [-0.4, -0.2) is 11.4 Å². The van der Waals surface area contributed by atoms with Crippen molar-refractivity contribution < 1.29 is 8.69 Å². The van der Waals surface area contributed by atoms with Crippen LogP contribution in [0.4, 0.5) is 5.13 Å². The molecule has 28 heavy (non-hydrogen) atoms. The molecule has 142 valence electrons. The second-order valence-corrected chi connectivity index (χ2v) is 6.76. The quantitative estimate of drug-likeness (QED) is 0.367. The van der Waals surface area contributed by atoms with Crippen molar-refractivity contribution in [1.82, 2.24) is 4.98 Å². The lowest BCUT2D eigenvalue weighted by molar-refractivity contribution is -0.509. The van der Waals surface area contributed by atoms with E-state index in [9.17, 15) is 0 Å². The fourth-order valence-electron chi connectivity index (χ4n) is 2.67. The predicted octanol–water partition coefficient (Wildman–Crippen LogP) is 5.10. The number of hydrogen-bond acceptors (Lipinski definition) is 4. The van der Waals surface area contributed by atoms with Crippen LogP contribution in [-0.2, 0) is 6.61 Å². The van der Waals surface area contributed by atoms with Crippen LogP contribution >= 0.6 is 23.1 Å². The molecule has 0 aliphatic heterocycles. The minimum Gasteiger partial charge on any atom is -0.489 e. The summed E-state index contributed by atoms with van der Waals surface area (Å²) in [5.74, 6) is 1.67. The van der Waals surface area contributed by atoms with E-state index < -0.39 is 0 Å². The molecule has 4 aromatic rings. The summed E-state index contributed by atoms with van der Waals surface area (Å²) in [5, 5.41) is 0.535. The molecule has 4 rings (SSSR count). The van der Waals surface area contributed by atoms with Gasteiger partial charge in [-0.15, -0.1) is 15.6 Å². The molecular formula is C22H21ClN3OS+. The van der Waals surface area contributed by atoms with E-state index in [1.165, 1.54) is 17.9 Å². The van der Waals surface area contributed by atoms with Crippen LogP contribution in [0.25, 0.3) is 17.1 Å². The molecule has 2 N–H and O–H groups in total. The molecule has 0 fully saturated rings. The van der Waals surface area contributed by atoms with Crippen LogP contribution in [0, 0.1) is 0 Å². The Morgan fingerprint density at radius 2 is 1.50 bits per heavy atom. The standard InChI is InChI=1S/C21H17N3OS.CH3Cl/c22-21-23-20(17-9-5-2-6-10-17)24(26-21)18-11-13-19(14-12-18)25-15-16-7-3-1-4-8-16;1-2/h1-14,22H,15H2;1H3/p+1. The van der Waals surface area contributed by atoms with Crippen molar-refractivity contribution in [3.05, 3.63) is 90.5 Å². The summed E-state index contributed by atoms with van der Waals surface area (Å²) in [6.45, 7) is 0.552. The summed E-state index contributed by atoms with van der Waals surface area (Å²) in [4.78, 5) is 4.48. The summed E-state index contributed by atoms with van der Waals surface area (Å²) in [5.41, 5.74) is 9.14. The van der Waals surface area contributed by atoms with Crippen LogP contribution in [0.15, 0.2) is 84.9 Å². The van der Waals surface area contributed by atoms with Crippen molar-refractivity contribution in [3.63, 3.8) is 0 Å². The van der Waals surface area contributed by atoms with E-state index in [1.54, 1.807) is 0 Å². The number of aromatic nitrogens is 2. The third kappa shape index (κ3) is 4.88. The fraction of sp³-hybridized carbons (Fsp3) is 0.0909. The number of rotatable bonds is 5. The van der Waals surface area contributed by atoms with E-state index in [0.29, 0.717) is 11.7 Å². The Bertz CT molecular complexity index is 989. The minimum atomic E-state index is 0.535. The van der Waals surface area contributed by atoms with Gasteiger partial charge in [-0.2, -0.15) is 0 Å². The van der Waals surface area contributed by atoms with E-state index in [0.717, 1.165) is 28.4 Å². The van der Waals surface area contributed by atoms with Gasteiger partial charge in [0, 0.05) is 6.38 Å². The predicted molar refractivity (Wildman–Crippen MR) is 116 cm³/mol. The molecule has 0 aliphatic rings. The van der Waals surface area contributed by atoms with Crippen molar-refractivity contribution in [3.8, 4) is 22.8 Å². The number of benzene rings is 3. The summed E-state index contributed by atoms with van der Waals surface area (Å²) < 4.78 is 7.89. The zero-order valence-electron chi connectivity index (χ0n) is 15.5. The molecule has 0 spiro atoms. The Morgan fingerprint density at radius 3 is 2.14 bits per heavy atom. The second kappa shape index (κ2) is 9.88. The van der Waals surface area contributed by atoms with Crippen LogP contribution in [0.2, 0.25) is 0 Å². The third-order valence-electron chi connectivity index (χ3n) is 3.94. The van der Waals surface area contributed by atoms with Crippen molar-refractivity contribution in [2.45, 2.75) is 6.61 Å². The Morgan fingerprint density at radius 1 is 0.893 bits per heavy atom. The van der Waals surface area contributed by atoms with E-state index >= 15 is 0 Å². The van der Waals surface area contributed by atoms with Crippen LogP contribution in [0.3, 0.4) is 0 Å². The fourth-order valence-corrected chi connectivity index (χ4v) is 3.44. The van der Waals surface area contributed by atoms with Gasteiger partial charge < -0.3 is 10.5 Å². The lowest BCUT2D eigenvalue weighted by atomic mass is 10.2. The first-order valence-corrected chi connectivity index (χ1v) is 10.2. The lowest BCUT2D eigenvalue weighted by Gasteiger charge is -2.06. The molecule has 0 unspecified atom stereocenters. The molecule has 0 bridgehead atoms. The van der Waals surface area contributed by atoms with Crippen LogP contribution in [0.5, 0.6) is 5.75 Å². The molecule has 0 atom stereocenters. The van der Waals surface area contributed by atoms with Crippen LogP contribution < -0.4 is 14.4 Å². The highest BCUT2D eigenvalue weighted by Gasteiger charge is 2.22. The van der Waals surface area contributed by atoms with Crippen molar-refractivity contribution in [2.75, 3.05) is 12.1 Å². The maximum Gasteiger partial charge on any atom is 0.350 e. The average molecular weight is 411 g/mol. The van der Waals surface area contributed by atoms with Gasteiger partial charge in [0.1, 0.15) is 29.6 Å². The molecule has 1 heterocycles. The molecule has 3 aromatic carbocycles. The highest BCUT2D eigenvalue weighted by atomic mass is 35.5. The van der Waals surface area contributed by atoms with Crippen molar-refractivity contribution in [2.24, 2.45) is 0 Å². The summed E-state index contributed by atoms with van der Waals surface area (Å²) in [6, 6.07) is 28.1. The largest absolute Gasteiger partial charge is 0.489 e. The number of anilines is 1. The first-order valence-electron chi connectivity index (χ1n) is 8.69. The monoisotopic (exact) mass is 410 g/mol. The Balaban J connectivity index is 0.00000109. The van der Waals surface area contributed by atoms with E-state index in [4.69, 9.17) is 10.5 Å². The maximum atomic E-state index is 5.96. The van der Waals surface area contributed by atoms with Gasteiger partial charge in [-0.05, 0) is 46.9 Å². The molecule has 0 radical (unpaired) electrons. The van der Waals surface area contributed by atoms with Gasteiger partial charge in [0.05, 0.1) is 5.56 Å². The average Bonchev–Trinajstić information content (AvgIpc) is 3.17. The number of halogens is 1. The number of nitrogen functional groups attached to an aromatic ring is 1. The summed E-state index contributed by atoms with van der Waals surface area (Å²) in [7, 11) is 0. The number of hydrogen-bond donors (Lipinski definition) is 1. The van der Waals surface area contributed by atoms with Gasteiger partial charge in [0.15, 0.2) is 0 Å². The zero-order valence-corrected chi connectivity index (χ0v) is 17.0. The first kappa shape index (κ1) is 19.9. The van der Waals surface area contributed by atoms with Gasteiger partial charge in [0.25, 0.3) is 0 Å². The van der Waals surface area contributed by atoms with Gasteiger partial charge >= 0.3 is 11.0 Å². The maximum absolute atomic E-state index is 5.96.